The molecule has 4 rings (SSSR count). The molecule has 0 fully saturated rings. The normalized spacial score (nSPS) is 17.8. The zero-order valence-electron chi connectivity index (χ0n) is 13.8. The van der Waals surface area contributed by atoms with Gasteiger partial charge in [-0.15, -0.1) is 0 Å². The van der Waals surface area contributed by atoms with Gasteiger partial charge in [0.1, 0.15) is 11.6 Å². The van der Waals surface area contributed by atoms with E-state index in [1.807, 2.05) is 12.3 Å². The fourth-order valence-electron chi connectivity index (χ4n) is 3.67. The van der Waals surface area contributed by atoms with E-state index in [0.717, 1.165) is 37.4 Å². The number of hydrogen-bond acceptors (Lipinski definition) is 3. The Bertz CT molecular complexity index is 816. The van der Waals surface area contributed by atoms with E-state index < -0.39 is 0 Å². The second-order valence-corrected chi connectivity index (χ2v) is 6.67. The molecule has 0 saturated heterocycles. The van der Waals surface area contributed by atoms with Crippen LogP contribution in [0.1, 0.15) is 18.1 Å². The third-order valence-electron chi connectivity index (χ3n) is 4.89. The first-order chi connectivity index (χ1) is 11.2. The van der Waals surface area contributed by atoms with E-state index in [1.54, 1.807) is 0 Å². The topological polar surface area (TPSA) is 38.9 Å². The predicted octanol–water partition coefficient (Wildman–Crippen LogP) is 2.46. The molecule has 5 heteroatoms. The number of rotatable bonds is 4. The van der Waals surface area contributed by atoms with Crippen molar-refractivity contribution in [2.24, 2.45) is 13.0 Å². The molecular formula is C18H23N5. The second kappa shape index (κ2) is 5.81. The molecule has 0 radical (unpaired) electrons. The quantitative estimate of drug-likeness (QED) is 0.743. The van der Waals surface area contributed by atoms with Crippen LogP contribution in [0.3, 0.4) is 0 Å². The average Bonchev–Trinajstić information content (AvgIpc) is 3.12. The Morgan fingerprint density at radius 3 is 3.04 bits per heavy atom. The Kier molecular flexibility index (Phi) is 3.65. The van der Waals surface area contributed by atoms with Gasteiger partial charge in [0, 0.05) is 39.0 Å². The lowest BCUT2D eigenvalue weighted by Crippen LogP contribution is -2.31. The van der Waals surface area contributed by atoms with Crippen molar-refractivity contribution in [3.05, 3.63) is 48.3 Å². The molecule has 2 aromatic heterocycles. The van der Waals surface area contributed by atoms with Gasteiger partial charge in [-0.3, -0.25) is 4.90 Å². The maximum Gasteiger partial charge on any atom is 0.123 e. The number of benzene rings is 1. The number of nitrogens with zero attached hydrogens (tertiary/aromatic N) is 5. The summed E-state index contributed by atoms with van der Waals surface area (Å²) in [5.74, 6) is 3.06. The third-order valence-corrected chi connectivity index (χ3v) is 4.89. The van der Waals surface area contributed by atoms with Crippen molar-refractivity contribution >= 4 is 11.0 Å². The van der Waals surface area contributed by atoms with Crippen LogP contribution >= 0.6 is 0 Å². The summed E-state index contributed by atoms with van der Waals surface area (Å²) in [4.78, 5) is 11.6. The van der Waals surface area contributed by atoms with Crippen molar-refractivity contribution in [1.82, 2.24) is 24.0 Å². The van der Waals surface area contributed by atoms with Crippen LogP contribution in [0.25, 0.3) is 11.0 Å². The molecule has 0 bridgehead atoms. The van der Waals surface area contributed by atoms with E-state index in [0.29, 0.717) is 5.92 Å². The van der Waals surface area contributed by atoms with Crippen molar-refractivity contribution in [2.45, 2.75) is 25.9 Å². The number of imidazole rings is 2. The highest BCUT2D eigenvalue weighted by Crippen LogP contribution is 2.20. The van der Waals surface area contributed by atoms with E-state index >= 15 is 0 Å². The van der Waals surface area contributed by atoms with Crippen LogP contribution in [-0.4, -0.2) is 37.6 Å². The summed E-state index contributed by atoms with van der Waals surface area (Å²) in [6, 6.07) is 8.34. The Balaban J connectivity index is 1.43. The SMILES string of the molecule is CN(Cc1nc2ccccc2n1C)C[C@@H]1CCc2nccn2C1. The lowest BCUT2D eigenvalue weighted by Gasteiger charge is -2.28. The molecule has 1 aliphatic rings. The van der Waals surface area contributed by atoms with Gasteiger partial charge < -0.3 is 9.13 Å². The molecule has 1 atom stereocenters. The monoisotopic (exact) mass is 309 g/mol. The summed E-state index contributed by atoms with van der Waals surface area (Å²) >= 11 is 0. The Morgan fingerprint density at radius 1 is 1.30 bits per heavy atom. The van der Waals surface area contributed by atoms with Gasteiger partial charge in [-0.05, 0) is 31.5 Å². The molecule has 0 unspecified atom stereocenters. The lowest BCUT2D eigenvalue weighted by atomic mass is 9.99. The minimum absolute atomic E-state index is 0.691. The molecule has 3 heterocycles. The number of fused-ring (bicyclic) bond motifs is 2. The van der Waals surface area contributed by atoms with Gasteiger partial charge in [-0.1, -0.05) is 12.1 Å². The number of aryl methyl sites for hydroxylation is 2. The van der Waals surface area contributed by atoms with E-state index in [1.165, 1.54) is 17.8 Å². The standard InChI is InChI=1S/C18H23N5/c1-21(11-14-7-8-17-19-9-10-23(17)12-14)13-18-20-15-5-3-4-6-16(15)22(18)2/h3-6,9-10,14H,7-8,11-13H2,1-2H3/t14-/m0/s1. The summed E-state index contributed by atoms with van der Waals surface area (Å²) in [5.41, 5.74) is 2.29. The van der Waals surface area contributed by atoms with E-state index in [9.17, 15) is 0 Å². The minimum atomic E-state index is 0.691. The predicted molar refractivity (Wildman–Crippen MR) is 91.1 cm³/mol. The summed E-state index contributed by atoms with van der Waals surface area (Å²) < 4.78 is 4.51. The summed E-state index contributed by atoms with van der Waals surface area (Å²) in [6.45, 7) is 3.07. The molecule has 0 amide bonds. The average molecular weight is 309 g/mol. The second-order valence-electron chi connectivity index (χ2n) is 6.67. The van der Waals surface area contributed by atoms with Crippen LogP contribution in [0, 0.1) is 5.92 Å². The first kappa shape index (κ1) is 14.5. The molecule has 23 heavy (non-hydrogen) atoms. The molecular weight excluding hydrogens is 286 g/mol. The zero-order valence-corrected chi connectivity index (χ0v) is 13.8. The number of para-hydroxylation sites is 2. The number of hydrogen-bond donors (Lipinski definition) is 0. The first-order valence-corrected chi connectivity index (χ1v) is 8.29. The van der Waals surface area contributed by atoms with Crippen LogP contribution in [-0.2, 0) is 26.6 Å². The largest absolute Gasteiger partial charge is 0.335 e. The zero-order chi connectivity index (χ0) is 15.8. The molecule has 0 saturated carbocycles. The van der Waals surface area contributed by atoms with E-state index in [4.69, 9.17) is 4.98 Å². The van der Waals surface area contributed by atoms with Crippen LogP contribution in [0.2, 0.25) is 0 Å². The van der Waals surface area contributed by atoms with Gasteiger partial charge in [0.05, 0.1) is 17.6 Å². The van der Waals surface area contributed by atoms with E-state index in [-0.39, 0.29) is 0 Å². The Hall–Kier alpha value is -2.14. The molecule has 1 aliphatic heterocycles. The maximum atomic E-state index is 4.78. The van der Waals surface area contributed by atoms with Gasteiger partial charge in [-0.25, -0.2) is 9.97 Å². The van der Waals surface area contributed by atoms with Crippen LogP contribution in [0.4, 0.5) is 0 Å². The summed E-state index contributed by atoms with van der Waals surface area (Å²) in [6.07, 6.45) is 6.34. The fraction of sp³-hybridized carbons (Fsp3) is 0.444. The molecule has 0 N–H and O–H groups in total. The number of aromatic nitrogens is 4. The van der Waals surface area contributed by atoms with Crippen molar-refractivity contribution in [1.29, 1.82) is 0 Å². The van der Waals surface area contributed by atoms with Crippen LogP contribution in [0.15, 0.2) is 36.7 Å². The fourth-order valence-corrected chi connectivity index (χ4v) is 3.67. The highest BCUT2D eigenvalue weighted by molar-refractivity contribution is 5.75. The molecule has 0 aliphatic carbocycles. The minimum Gasteiger partial charge on any atom is -0.335 e. The van der Waals surface area contributed by atoms with Gasteiger partial charge in [-0.2, -0.15) is 0 Å². The smallest absolute Gasteiger partial charge is 0.123 e. The first-order valence-electron chi connectivity index (χ1n) is 8.29. The third kappa shape index (κ3) is 2.77. The molecule has 120 valence electrons. The molecule has 0 spiro atoms. The van der Waals surface area contributed by atoms with Crippen LogP contribution in [0.5, 0.6) is 0 Å². The van der Waals surface area contributed by atoms with Crippen molar-refractivity contribution in [3.63, 3.8) is 0 Å². The maximum absolute atomic E-state index is 4.78. The highest BCUT2D eigenvalue weighted by atomic mass is 15.2. The lowest BCUT2D eigenvalue weighted by molar-refractivity contribution is 0.224. The van der Waals surface area contributed by atoms with Gasteiger partial charge in [0.25, 0.3) is 0 Å². The molecule has 3 aromatic rings. The van der Waals surface area contributed by atoms with Crippen molar-refractivity contribution < 1.29 is 0 Å². The Labute approximate surface area is 136 Å². The summed E-state index contributed by atoms with van der Waals surface area (Å²) in [7, 11) is 4.31. The highest BCUT2D eigenvalue weighted by Gasteiger charge is 2.20. The summed E-state index contributed by atoms with van der Waals surface area (Å²) in [5, 5.41) is 0. The van der Waals surface area contributed by atoms with Gasteiger partial charge in [0.15, 0.2) is 0 Å². The van der Waals surface area contributed by atoms with Crippen molar-refractivity contribution in [3.8, 4) is 0 Å². The Morgan fingerprint density at radius 2 is 2.17 bits per heavy atom. The van der Waals surface area contributed by atoms with Crippen LogP contribution < -0.4 is 0 Å². The van der Waals surface area contributed by atoms with Crippen molar-refractivity contribution in [2.75, 3.05) is 13.6 Å². The van der Waals surface area contributed by atoms with E-state index in [2.05, 4.69) is 57.5 Å². The molecule has 5 nitrogen and oxygen atoms in total. The van der Waals surface area contributed by atoms with Gasteiger partial charge >= 0.3 is 0 Å². The van der Waals surface area contributed by atoms with Gasteiger partial charge in [0.2, 0.25) is 0 Å². The molecule has 1 aromatic carbocycles.